The minimum absolute atomic E-state index is 0.00392. The molecule has 19 nitrogen and oxygen atoms in total. The van der Waals surface area contributed by atoms with Crippen LogP contribution in [-0.4, -0.2) is 193 Å². The normalized spacial score (nSPS) is 21.8. The van der Waals surface area contributed by atoms with Crippen molar-refractivity contribution in [2.75, 3.05) is 41.6 Å². The highest BCUT2D eigenvalue weighted by Gasteiger charge is 2.54. The number of carbonyl (C=O) groups is 4. The first kappa shape index (κ1) is 105. The molecule has 1 saturated carbocycles. The molecule has 17 atom stereocenters. The second-order valence-corrected chi connectivity index (χ2v) is 61.8. The van der Waals surface area contributed by atoms with Gasteiger partial charge in [-0.3, -0.25) is 9.69 Å². The van der Waals surface area contributed by atoms with E-state index in [9.17, 15) is 14.7 Å². The Balaban J connectivity index is 1.63. The van der Waals surface area contributed by atoms with Gasteiger partial charge >= 0.3 is 18.2 Å². The van der Waals surface area contributed by atoms with Gasteiger partial charge in [-0.25, -0.2) is 19.3 Å². The SMILES string of the molecule is C=CC[C@H](/C=C(\C)C[C@H](C)C[C@H](OC)[C@@H](O[Si](C)(C)C(C)(C)C)[C@H](C[C@@H](C)[C@@H](O)[C@H](OCc1ccc(OC)cc1)C(=O)N1C(=O)OC[C@@H]1Cc1ccccc1)OC)[C@@H](C[C@H](O[Si](C)(C)C(C)(C)C)[C@@H](C)[C@H](OC(=O)[C@@H]1CCCN1C(=O)OC(C)(C)C)/C(C)=C/C1CC[C@@H](O[Si](C(C)C)(C(C)C)C(C)C)[C@H](OC)C1)O[Si](C(C)C)(C(C)C)C(C)C. The molecule has 3 aliphatic rings. The van der Waals surface area contributed by atoms with E-state index >= 15 is 9.59 Å². The van der Waals surface area contributed by atoms with Crippen molar-refractivity contribution in [1.29, 1.82) is 0 Å². The van der Waals surface area contributed by atoms with Crippen molar-refractivity contribution in [3.8, 4) is 5.75 Å². The smallest absolute Gasteiger partial charge is 0.417 e. The molecular weight excluding hydrogens is 1570 g/mol. The van der Waals surface area contributed by atoms with Crippen molar-refractivity contribution < 1.29 is 79.9 Å². The molecule has 1 N–H and O–H groups in total. The highest BCUT2D eigenvalue weighted by Crippen LogP contribution is 2.50. The van der Waals surface area contributed by atoms with Crippen LogP contribution in [0.1, 0.15) is 255 Å². The molecule has 3 fully saturated rings. The minimum Gasteiger partial charge on any atom is -0.497 e. The quantitative estimate of drug-likeness (QED) is 0.0283. The average molecular weight is 1730 g/mol. The molecule has 680 valence electrons. The Morgan fingerprint density at radius 3 is 1.71 bits per heavy atom. The van der Waals surface area contributed by atoms with Gasteiger partial charge in [-0.05, 0) is 221 Å². The lowest BCUT2D eigenvalue weighted by molar-refractivity contribution is -0.157. The molecule has 0 spiro atoms. The number of hydrogen-bond donors (Lipinski definition) is 1. The Labute approximate surface area is 726 Å². The van der Waals surface area contributed by atoms with Crippen molar-refractivity contribution in [1.82, 2.24) is 9.80 Å². The maximum Gasteiger partial charge on any atom is 0.417 e. The number of rotatable bonds is 46. The van der Waals surface area contributed by atoms with E-state index in [-0.39, 0.29) is 82.4 Å². The largest absolute Gasteiger partial charge is 0.497 e. The zero-order chi connectivity index (χ0) is 90.0. The van der Waals surface area contributed by atoms with Gasteiger partial charge in [0.1, 0.15) is 30.1 Å². The number of esters is 1. The number of allylic oxidation sites excluding steroid dienone is 3. The summed E-state index contributed by atoms with van der Waals surface area (Å²) in [6.07, 6.45) is 5.69. The first-order valence-corrected chi connectivity index (χ1v) is 55.2. The summed E-state index contributed by atoms with van der Waals surface area (Å²) in [6.45, 7) is 71.8. The third-order valence-corrected chi connectivity index (χ3v) is 48.7. The van der Waals surface area contributed by atoms with Crippen molar-refractivity contribution in [3.63, 3.8) is 0 Å². The summed E-state index contributed by atoms with van der Waals surface area (Å²) in [7, 11) is -3.45. The van der Waals surface area contributed by atoms with Gasteiger partial charge in [0.25, 0.3) is 5.91 Å². The van der Waals surface area contributed by atoms with Gasteiger partial charge in [0.15, 0.2) is 22.7 Å². The van der Waals surface area contributed by atoms with Crippen LogP contribution in [0, 0.1) is 29.6 Å². The number of imide groups is 1. The van der Waals surface area contributed by atoms with Crippen molar-refractivity contribution in [3.05, 3.63) is 102 Å². The summed E-state index contributed by atoms with van der Waals surface area (Å²) in [5.41, 5.74) is 5.05. The molecule has 2 aliphatic heterocycles. The molecule has 0 aromatic heterocycles. The molecule has 2 saturated heterocycles. The molecular formula is C96H168N2O17Si4. The van der Waals surface area contributed by atoms with E-state index < -0.39 is 130 Å². The van der Waals surface area contributed by atoms with Crippen LogP contribution in [0.2, 0.25) is 69.5 Å². The summed E-state index contributed by atoms with van der Waals surface area (Å²) in [6, 6.07) is 15.5. The number of likely N-dealkylation sites (tertiary alicyclic amines) is 1. The molecule has 2 heterocycles. The second-order valence-electron chi connectivity index (χ2n) is 41.5. The molecule has 5 rings (SSSR count). The number of amides is 3. The second kappa shape index (κ2) is 45.7. The molecule has 2 aromatic rings. The molecule has 1 unspecified atom stereocenters. The fourth-order valence-corrected chi connectivity index (χ4v) is 33.0. The highest BCUT2D eigenvalue weighted by molar-refractivity contribution is 6.78. The van der Waals surface area contributed by atoms with E-state index in [0.717, 1.165) is 40.9 Å². The predicted molar refractivity (Wildman–Crippen MR) is 493 cm³/mol. The van der Waals surface area contributed by atoms with E-state index in [2.05, 4.69) is 197 Å². The van der Waals surface area contributed by atoms with E-state index in [1.54, 1.807) is 26.2 Å². The summed E-state index contributed by atoms with van der Waals surface area (Å²) in [5, 5.41) is 12.4. The van der Waals surface area contributed by atoms with E-state index in [1.165, 1.54) is 5.57 Å². The number of benzene rings is 2. The van der Waals surface area contributed by atoms with Crippen molar-refractivity contribution in [2.45, 2.75) is 405 Å². The lowest BCUT2D eigenvalue weighted by Crippen LogP contribution is -2.54. The van der Waals surface area contributed by atoms with Gasteiger partial charge in [-0.15, -0.1) is 6.58 Å². The summed E-state index contributed by atoms with van der Waals surface area (Å²) in [5.74, 6) is -1.54. The number of aliphatic hydroxyl groups excluding tert-OH is 1. The van der Waals surface area contributed by atoms with E-state index in [0.29, 0.717) is 73.9 Å². The van der Waals surface area contributed by atoms with Crippen molar-refractivity contribution >= 4 is 57.3 Å². The van der Waals surface area contributed by atoms with Gasteiger partial charge in [-0.1, -0.05) is 212 Å². The predicted octanol–water partition coefficient (Wildman–Crippen LogP) is 23.1. The lowest BCUT2D eigenvalue weighted by Gasteiger charge is -2.48. The average Bonchev–Trinajstić information content (AvgIpc) is 1.58. The number of cyclic esters (lactones) is 1. The number of nitrogens with zero attached hydrogens (tertiary/aromatic N) is 2. The van der Waals surface area contributed by atoms with Crippen LogP contribution in [0.25, 0.3) is 0 Å². The van der Waals surface area contributed by atoms with E-state index in [4.69, 9.17) is 55.6 Å². The molecule has 2 aromatic carbocycles. The topological polar surface area (TPSA) is 206 Å². The molecule has 23 heteroatoms. The van der Waals surface area contributed by atoms with Crippen LogP contribution in [0.15, 0.2) is 90.6 Å². The van der Waals surface area contributed by atoms with Gasteiger partial charge < -0.3 is 60.7 Å². The molecule has 0 radical (unpaired) electrons. The zero-order valence-corrected chi connectivity index (χ0v) is 84.7. The summed E-state index contributed by atoms with van der Waals surface area (Å²) >= 11 is 0. The Kier molecular flexibility index (Phi) is 40.4. The molecule has 1 aliphatic carbocycles. The number of hydrogen-bond acceptors (Lipinski definition) is 17. The molecule has 0 bridgehead atoms. The van der Waals surface area contributed by atoms with Gasteiger partial charge in [0.05, 0.1) is 68.6 Å². The van der Waals surface area contributed by atoms with Crippen LogP contribution in [0.3, 0.4) is 0 Å². The molecule has 3 amide bonds. The lowest BCUT2D eigenvalue weighted by atomic mass is 9.81. The van der Waals surface area contributed by atoms with Crippen molar-refractivity contribution in [2.24, 2.45) is 29.6 Å². The number of aliphatic hydroxyl groups is 1. The fraction of sp³-hybridized carbons (Fsp3) is 0.771. The van der Waals surface area contributed by atoms with Crippen LogP contribution in [0.5, 0.6) is 5.75 Å². The standard InChI is InChI=1S/C96H168N2O17Si4/c1-36-41-76(53-68(14)52-69(15)54-84(106-30)88(115-117(34,35)96(25,26)27)85(107-31)56-70(16)86(99)89(108-60-74-45-48-78(104-28)49-46-74)90(100)98-77(61-109-93(98)103)57-73-42-38-37-39-43-73)82(114-119(65(8)9,66(10)11)67(12)13)59-81(112-116(32,33)95(22,23)24)72(18)87(110-91(101)79-44-40-51-97(79)92(102)111-94(19,20)21)71(17)55-75-47-50-80(83(58-75)105-29)113-118(62(2)3,63(4)5)64(6)7/h36-39,42-43,45-46,48-49,53,55,62-67,69-70,72,75-77,79-89,99H,1,40-41,44,47,50-52,54,56-61H2,2-35H3/b68-53+,71-55+/t69-,70+,72+,75?,76+,77-,79-,80+,81-,82+,83+,84-,85-,86+,87+,88+,89-/m0/s1. The van der Waals surface area contributed by atoms with Crippen LogP contribution in [-0.2, 0) is 73.5 Å². The Hall–Kier alpha value is -4.35. The first-order valence-electron chi connectivity index (χ1n) is 45.1. The Bertz CT molecular complexity index is 3460. The Morgan fingerprint density at radius 2 is 1.20 bits per heavy atom. The van der Waals surface area contributed by atoms with Crippen LogP contribution < -0.4 is 4.74 Å². The van der Waals surface area contributed by atoms with Gasteiger partial charge in [-0.2, -0.15) is 0 Å². The maximum absolute atomic E-state index is 15.5. The number of methoxy groups -OCH3 is 4. The zero-order valence-electron chi connectivity index (χ0n) is 80.7. The number of ether oxygens (including phenoxy) is 8. The first-order chi connectivity index (χ1) is 55.2. The monoisotopic (exact) mass is 1730 g/mol. The minimum atomic E-state index is -2.71. The maximum atomic E-state index is 15.5. The summed E-state index contributed by atoms with van der Waals surface area (Å²) < 4.78 is 81.7. The third-order valence-electron chi connectivity index (χ3n) is 27.5. The third kappa shape index (κ3) is 28.1. The Morgan fingerprint density at radius 1 is 0.647 bits per heavy atom. The summed E-state index contributed by atoms with van der Waals surface area (Å²) in [4.78, 5) is 61.1. The molecule has 119 heavy (non-hydrogen) atoms. The van der Waals surface area contributed by atoms with Crippen LogP contribution in [0.4, 0.5) is 9.59 Å². The van der Waals surface area contributed by atoms with Gasteiger partial charge in [0, 0.05) is 39.7 Å². The van der Waals surface area contributed by atoms with Gasteiger partial charge in [0.2, 0.25) is 16.6 Å². The van der Waals surface area contributed by atoms with Crippen LogP contribution >= 0.6 is 0 Å². The van der Waals surface area contributed by atoms with E-state index in [1.807, 2.05) is 95.5 Å². The fourth-order valence-electron chi connectivity index (χ4n) is 19.1. The highest BCUT2D eigenvalue weighted by atomic mass is 28.4. The number of carbonyl (C=O) groups excluding carboxylic acids is 4.